The first-order valence-corrected chi connectivity index (χ1v) is 7.28. The lowest BCUT2D eigenvalue weighted by molar-refractivity contribution is 0.571. The molecule has 0 aliphatic carbocycles. The van der Waals surface area contributed by atoms with Crippen molar-refractivity contribution in [3.63, 3.8) is 0 Å². The van der Waals surface area contributed by atoms with Crippen molar-refractivity contribution in [2.24, 2.45) is 5.41 Å². The van der Waals surface area contributed by atoms with Crippen molar-refractivity contribution in [1.82, 2.24) is 0 Å². The SMILES string of the molecule is CC(C)(C)C#Cc1cc(N)c(C=N)cc1Nc1ccc(F)cc1. The number of nitrogens with two attached hydrogens (primary N) is 1. The van der Waals surface area contributed by atoms with Crippen molar-refractivity contribution >= 4 is 23.3 Å². The third-order valence-corrected chi connectivity index (χ3v) is 3.07. The normalized spacial score (nSPS) is 10.6. The number of rotatable bonds is 3. The van der Waals surface area contributed by atoms with Crippen LogP contribution in [0.5, 0.6) is 0 Å². The lowest BCUT2D eigenvalue weighted by atomic mass is 9.97. The highest BCUT2D eigenvalue weighted by atomic mass is 19.1. The Balaban J connectivity index is 2.47. The molecule has 3 nitrogen and oxygen atoms in total. The molecule has 23 heavy (non-hydrogen) atoms. The van der Waals surface area contributed by atoms with Gasteiger partial charge in [0.05, 0.1) is 11.3 Å². The summed E-state index contributed by atoms with van der Waals surface area (Å²) >= 11 is 0. The van der Waals surface area contributed by atoms with Gasteiger partial charge < -0.3 is 16.5 Å². The minimum Gasteiger partial charge on any atom is -0.398 e. The first-order chi connectivity index (χ1) is 10.8. The summed E-state index contributed by atoms with van der Waals surface area (Å²) in [4.78, 5) is 0. The van der Waals surface area contributed by atoms with Gasteiger partial charge in [-0.1, -0.05) is 11.8 Å². The van der Waals surface area contributed by atoms with Gasteiger partial charge in [0, 0.05) is 28.6 Å². The lowest BCUT2D eigenvalue weighted by Gasteiger charge is -2.13. The van der Waals surface area contributed by atoms with Crippen LogP contribution in [0.3, 0.4) is 0 Å². The van der Waals surface area contributed by atoms with Gasteiger partial charge in [0.15, 0.2) is 0 Å². The topological polar surface area (TPSA) is 61.9 Å². The number of halogens is 1. The molecule has 2 rings (SSSR count). The van der Waals surface area contributed by atoms with E-state index in [1.165, 1.54) is 18.3 Å². The van der Waals surface area contributed by atoms with Crippen molar-refractivity contribution in [3.05, 3.63) is 53.3 Å². The molecule has 0 amide bonds. The van der Waals surface area contributed by atoms with Crippen LogP contribution in [0.15, 0.2) is 36.4 Å². The van der Waals surface area contributed by atoms with Gasteiger partial charge in [0.25, 0.3) is 0 Å². The number of nitrogens with one attached hydrogen (secondary N) is 2. The van der Waals surface area contributed by atoms with Crippen LogP contribution < -0.4 is 11.1 Å². The predicted octanol–water partition coefficient (Wildman–Crippen LogP) is 4.55. The van der Waals surface area contributed by atoms with Crippen molar-refractivity contribution in [3.8, 4) is 11.8 Å². The molecule has 0 aliphatic heterocycles. The van der Waals surface area contributed by atoms with Crippen molar-refractivity contribution < 1.29 is 4.39 Å². The summed E-state index contributed by atoms with van der Waals surface area (Å²) in [5, 5.41) is 10.7. The largest absolute Gasteiger partial charge is 0.398 e. The van der Waals surface area contributed by atoms with Crippen LogP contribution in [-0.4, -0.2) is 6.21 Å². The summed E-state index contributed by atoms with van der Waals surface area (Å²) < 4.78 is 13.0. The first-order valence-electron chi connectivity index (χ1n) is 7.28. The molecule has 0 saturated carbocycles. The molecule has 4 heteroatoms. The Labute approximate surface area is 136 Å². The lowest BCUT2D eigenvalue weighted by Crippen LogP contribution is -2.02. The van der Waals surface area contributed by atoms with Gasteiger partial charge in [-0.3, -0.25) is 0 Å². The Morgan fingerprint density at radius 2 is 1.83 bits per heavy atom. The molecule has 0 spiro atoms. The highest BCUT2D eigenvalue weighted by molar-refractivity contribution is 5.89. The van der Waals surface area contributed by atoms with Crippen LogP contribution in [-0.2, 0) is 0 Å². The second-order valence-corrected chi connectivity index (χ2v) is 6.30. The molecule has 0 unspecified atom stereocenters. The maximum Gasteiger partial charge on any atom is 0.123 e. The van der Waals surface area contributed by atoms with E-state index in [4.69, 9.17) is 11.1 Å². The van der Waals surface area contributed by atoms with E-state index >= 15 is 0 Å². The summed E-state index contributed by atoms with van der Waals surface area (Å²) in [5.41, 5.74) is 9.15. The Kier molecular flexibility index (Phi) is 4.71. The van der Waals surface area contributed by atoms with Gasteiger partial charge in [0.1, 0.15) is 5.82 Å². The monoisotopic (exact) mass is 309 g/mol. The Hall–Kier alpha value is -2.80. The smallest absolute Gasteiger partial charge is 0.123 e. The van der Waals surface area contributed by atoms with E-state index in [9.17, 15) is 4.39 Å². The summed E-state index contributed by atoms with van der Waals surface area (Å²) in [5.74, 6) is 6.02. The van der Waals surface area contributed by atoms with E-state index in [2.05, 4.69) is 17.2 Å². The minimum atomic E-state index is -0.291. The van der Waals surface area contributed by atoms with Gasteiger partial charge in [-0.05, 0) is 57.2 Å². The predicted molar refractivity (Wildman–Crippen MR) is 94.8 cm³/mol. The zero-order chi connectivity index (χ0) is 17.0. The van der Waals surface area contributed by atoms with Gasteiger partial charge in [-0.25, -0.2) is 4.39 Å². The van der Waals surface area contributed by atoms with Crippen molar-refractivity contribution in [2.45, 2.75) is 20.8 Å². The molecule has 2 aromatic carbocycles. The maximum absolute atomic E-state index is 13.0. The standard InChI is InChI=1S/C19H20FN3/c1-19(2,3)9-8-13-10-17(22)14(12-21)11-18(13)23-16-6-4-15(20)5-7-16/h4-7,10-12,21,23H,22H2,1-3H3. The minimum absolute atomic E-state index is 0.137. The van der Waals surface area contributed by atoms with E-state index in [0.29, 0.717) is 11.3 Å². The average molecular weight is 309 g/mol. The number of hydrogen-bond donors (Lipinski definition) is 3. The van der Waals surface area contributed by atoms with E-state index in [1.54, 1.807) is 24.3 Å². The Morgan fingerprint density at radius 1 is 1.17 bits per heavy atom. The fourth-order valence-electron chi connectivity index (χ4n) is 1.91. The fraction of sp³-hybridized carbons (Fsp3) is 0.211. The quantitative estimate of drug-likeness (QED) is 0.442. The molecule has 0 heterocycles. The van der Waals surface area contributed by atoms with E-state index in [-0.39, 0.29) is 11.2 Å². The molecule has 0 fully saturated rings. The van der Waals surface area contributed by atoms with Crippen molar-refractivity contribution in [2.75, 3.05) is 11.1 Å². The van der Waals surface area contributed by atoms with Crippen LogP contribution in [0, 0.1) is 28.5 Å². The van der Waals surface area contributed by atoms with Gasteiger partial charge >= 0.3 is 0 Å². The number of benzene rings is 2. The highest BCUT2D eigenvalue weighted by Crippen LogP contribution is 2.26. The van der Waals surface area contributed by atoms with Gasteiger partial charge in [-0.2, -0.15) is 0 Å². The third-order valence-electron chi connectivity index (χ3n) is 3.07. The van der Waals surface area contributed by atoms with Gasteiger partial charge in [-0.15, -0.1) is 0 Å². The molecule has 0 radical (unpaired) electrons. The van der Waals surface area contributed by atoms with Gasteiger partial charge in [0.2, 0.25) is 0 Å². The summed E-state index contributed by atoms with van der Waals surface area (Å²) in [6, 6.07) is 9.60. The molecule has 0 aliphatic rings. The second-order valence-electron chi connectivity index (χ2n) is 6.30. The Bertz CT molecular complexity index is 775. The number of anilines is 3. The third kappa shape index (κ3) is 4.58. The molecule has 0 saturated heterocycles. The number of hydrogen-bond acceptors (Lipinski definition) is 3. The first kappa shape index (κ1) is 16.6. The summed E-state index contributed by atoms with van der Waals surface area (Å²) in [6.45, 7) is 6.09. The molecular formula is C19H20FN3. The molecule has 2 aromatic rings. The van der Waals surface area contributed by atoms with Crippen molar-refractivity contribution in [1.29, 1.82) is 5.41 Å². The number of nitrogen functional groups attached to an aromatic ring is 1. The van der Waals surface area contributed by atoms with Crippen LogP contribution in [0.1, 0.15) is 31.9 Å². The second kappa shape index (κ2) is 6.53. The van der Waals surface area contributed by atoms with Crippen LogP contribution >= 0.6 is 0 Å². The van der Waals surface area contributed by atoms with E-state index in [0.717, 1.165) is 16.9 Å². The zero-order valence-electron chi connectivity index (χ0n) is 13.5. The molecule has 118 valence electrons. The van der Waals surface area contributed by atoms with Crippen LogP contribution in [0.2, 0.25) is 0 Å². The van der Waals surface area contributed by atoms with Crippen LogP contribution in [0.4, 0.5) is 21.5 Å². The molecule has 0 aromatic heterocycles. The fourth-order valence-corrected chi connectivity index (χ4v) is 1.91. The van der Waals surface area contributed by atoms with E-state index < -0.39 is 0 Å². The van der Waals surface area contributed by atoms with E-state index in [1.807, 2.05) is 20.8 Å². The molecule has 0 atom stereocenters. The highest BCUT2D eigenvalue weighted by Gasteiger charge is 2.08. The summed E-state index contributed by atoms with van der Waals surface area (Å²) in [7, 11) is 0. The maximum atomic E-state index is 13.0. The molecular weight excluding hydrogens is 289 g/mol. The van der Waals surface area contributed by atoms with Crippen LogP contribution in [0.25, 0.3) is 0 Å². The summed E-state index contributed by atoms with van der Waals surface area (Å²) in [6.07, 6.45) is 1.20. The molecule has 4 N–H and O–H groups in total. The molecule has 0 bridgehead atoms. The average Bonchev–Trinajstić information content (AvgIpc) is 2.48. The zero-order valence-corrected chi connectivity index (χ0v) is 13.5. The Morgan fingerprint density at radius 3 is 2.39 bits per heavy atom.